The molecule has 6 nitrogen and oxygen atoms in total. The molecular formula is C60H96O6. The summed E-state index contributed by atoms with van der Waals surface area (Å²) in [5.74, 6) is -1.01. The number of carbonyl (C=O) groups is 3. The van der Waals surface area contributed by atoms with E-state index in [9.17, 15) is 14.4 Å². The Morgan fingerprint density at radius 2 is 0.621 bits per heavy atom. The predicted octanol–water partition coefficient (Wildman–Crippen LogP) is 17.7. The Balaban J connectivity index is 4.28. The molecule has 0 aromatic carbocycles. The fourth-order valence-corrected chi connectivity index (χ4v) is 6.81. The fourth-order valence-electron chi connectivity index (χ4n) is 6.81. The van der Waals surface area contributed by atoms with Crippen molar-refractivity contribution >= 4 is 17.9 Å². The molecule has 0 saturated heterocycles. The first-order valence-corrected chi connectivity index (χ1v) is 26.5. The van der Waals surface area contributed by atoms with Crippen LogP contribution in [0.4, 0.5) is 0 Å². The topological polar surface area (TPSA) is 78.9 Å². The predicted molar refractivity (Wildman–Crippen MR) is 283 cm³/mol. The molecular weight excluding hydrogens is 817 g/mol. The van der Waals surface area contributed by atoms with Gasteiger partial charge < -0.3 is 14.2 Å². The van der Waals surface area contributed by atoms with E-state index in [2.05, 4.69) is 130 Å². The van der Waals surface area contributed by atoms with Crippen LogP contribution >= 0.6 is 0 Å². The van der Waals surface area contributed by atoms with E-state index < -0.39 is 12.1 Å². The molecule has 1 atom stereocenters. The average Bonchev–Trinajstić information content (AvgIpc) is 3.31. The van der Waals surface area contributed by atoms with E-state index in [1.807, 2.05) is 12.2 Å². The number of ether oxygens (including phenoxy) is 3. The molecule has 0 heterocycles. The summed E-state index contributed by atoms with van der Waals surface area (Å²) < 4.78 is 16.7. The molecule has 0 aromatic rings. The van der Waals surface area contributed by atoms with Crippen molar-refractivity contribution in [3.05, 3.63) is 122 Å². The van der Waals surface area contributed by atoms with Gasteiger partial charge in [-0.15, -0.1) is 0 Å². The zero-order chi connectivity index (χ0) is 47.9. The highest BCUT2D eigenvalue weighted by molar-refractivity contribution is 5.71. The zero-order valence-electron chi connectivity index (χ0n) is 42.4. The number of unbranched alkanes of at least 4 members (excludes halogenated alkanes) is 15. The van der Waals surface area contributed by atoms with E-state index in [4.69, 9.17) is 14.2 Å². The molecule has 0 amide bonds. The molecule has 0 aromatic heterocycles. The van der Waals surface area contributed by atoms with Gasteiger partial charge in [-0.25, -0.2) is 0 Å². The van der Waals surface area contributed by atoms with Crippen LogP contribution in [0.25, 0.3) is 0 Å². The normalized spacial score (nSPS) is 13.1. The molecule has 0 fully saturated rings. The molecule has 0 aliphatic heterocycles. The Hall–Kier alpha value is -4.19. The molecule has 0 bridgehead atoms. The van der Waals surface area contributed by atoms with Gasteiger partial charge in [0.1, 0.15) is 13.2 Å². The second-order valence-electron chi connectivity index (χ2n) is 17.0. The van der Waals surface area contributed by atoms with Crippen molar-refractivity contribution in [2.24, 2.45) is 0 Å². The van der Waals surface area contributed by atoms with E-state index in [-0.39, 0.29) is 31.6 Å². The standard InChI is InChI=1S/C60H96O6/c1-4-7-10-13-16-19-21-23-24-25-26-27-28-29-30-31-32-33-34-35-36-38-39-41-44-47-50-53-59(62)65-56-57(55-64-58(61)52-49-46-43-18-15-12-9-6-3)66-60(63)54-51-48-45-42-40-37-22-20-17-14-11-8-5-2/h7-8,10-11,16-17,19-20,23-24,26-27,29-30,32-33,37,40,45,48,57H,4-6,9,12-15,18,21-22,25,28,31,34-36,38-39,41-44,46-47,49-56H2,1-3H3/b10-7-,11-8-,19-16-,20-17-,24-23-,27-26-,30-29-,33-32-,40-37-,48-45-. The van der Waals surface area contributed by atoms with Gasteiger partial charge in [0.25, 0.3) is 0 Å². The number of esters is 3. The molecule has 0 N–H and O–H groups in total. The molecule has 1 unspecified atom stereocenters. The van der Waals surface area contributed by atoms with Crippen molar-refractivity contribution in [1.29, 1.82) is 0 Å². The van der Waals surface area contributed by atoms with Gasteiger partial charge in [-0.1, -0.05) is 226 Å². The van der Waals surface area contributed by atoms with Gasteiger partial charge in [0.2, 0.25) is 0 Å². The summed E-state index contributed by atoms with van der Waals surface area (Å²) in [4.78, 5) is 37.8. The third-order valence-electron chi connectivity index (χ3n) is 10.7. The molecule has 0 spiro atoms. The van der Waals surface area contributed by atoms with Gasteiger partial charge in [0.05, 0.1) is 0 Å². The summed E-state index contributed by atoms with van der Waals surface area (Å²) >= 11 is 0. The summed E-state index contributed by atoms with van der Waals surface area (Å²) in [5.41, 5.74) is 0. The van der Waals surface area contributed by atoms with Crippen LogP contribution in [-0.2, 0) is 28.6 Å². The minimum atomic E-state index is -0.819. The van der Waals surface area contributed by atoms with Crippen molar-refractivity contribution in [3.8, 4) is 0 Å². The largest absolute Gasteiger partial charge is 0.462 e. The van der Waals surface area contributed by atoms with Crippen molar-refractivity contribution < 1.29 is 28.6 Å². The van der Waals surface area contributed by atoms with Crippen molar-refractivity contribution in [2.75, 3.05) is 13.2 Å². The van der Waals surface area contributed by atoms with Gasteiger partial charge in [-0.3, -0.25) is 14.4 Å². The SMILES string of the molecule is CC/C=C\C/C=C\C/C=C\C/C=C\C/C=C\C/C=C\CCCCCCCCCCC(=O)OCC(COC(=O)CCCCCCCCCC)OC(=O)CC/C=C\C/C=C\C/C=C\C/C=C\CC. The number of hydrogen-bond donors (Lipinski definition) is 0. The third-order valence-corrected chi connectivity index (χ3v) is 10.7. The van der Waals surface area contributed by atoms with E-state index in [0.29, 0.717) is 19.3 Å². The Labute approximate surface area is 405 Å². The number of allylic oxidation sites excluding steroid dienone is 20. The number of hydrogen-bond acceptors (Lipinski definition) is 6. The summed E-state index contributed by atoms with van der Waals surface area (Å²) in [6, 6.07) is 0. The Bertz CT molecular complexity index is 1420. The van der Waals surface area contributed by atoms with Gasteiger partial charge in [-0.05, 0) is 96.3 Å². The van der Waals surface area contributed by atoms with Crippen LogP contribution in [0.3, 0.4) is 0 Å². The highest BCUT2D eigenvalue weighted by Gasteiger charge is 2.19. The van der Waals surface area contributed by atoms with Gasteiger partial charge in [0, 0.05) is 19.3 Å². The molecule has 0 rings (SSSR count). The third kappa shape index (κ3) is 50.8. The molecule has 0 radical (unpaired) electrons. The molecule has 66 heavy (non-hydrogen) atoms. The van der Waals surface area contributed by atoms with Crippen molar-refractivity contribution in [3.63, 3.8) is 0 Å². The van der Waals surface area contributed by atoms with Gasteiger partial charge >= 0.3 is 17.9 Å². The number of carbonyl (C=O) groups excluding carboxylic acids is 3. The lowest BCUT2D eigenvalue weighted by molar-refractivity contribution is -0.166. The lowest BCUT2D eigenvalue weighted by Crippen LogP contribution is -2.30. The lowest BCUT2D eigenvalue weighted by atomic mass is 10.1. The van der Waals surface area contributed by atoms with Crippen molar-refractivity contribution in [2.45, 2.75) is 226 Å². The first kappa shape index (κ1) is 61.8. The second kappa shape index (κ2) is 53.4. The highest BCUT2D eigenvalue weighted by atomic mass is 16.6. The van der Waals surface area contributed by atoms with E-state index >= 15 is 0 Å². The monoisotopic (exact) mass is 913 g/mol. The maximum absolute atomic E-state index is 12.7. The summed E-state index contributed by atoms with van der Waals surface area (Å²) in [7, 11) is 0. The maximum atomic E-state index is 12.7. The molecule has 0 saturated carbocycles. The maximum Gasteiger partial charge on any atom is 0.306 e. The lowest BCUT2D eigenvalue weighted by Gasteiger charge is -2.18. The van der Waals surface area contributed by atoms with Crippen LogP contribution < -0.4 is 0 Å². The second-order valence-corrected chi connectivity index (χ2v) is 17.0. The van der Waals surface area contributed by atoms with Crippen LogP contribution in [0.1, 0.15) is 220 Å². The van der Waals surface area contributed by atoms with E-state index in [1.54, 1.807) is 0 Å². The quantitative estimate of drug-likeness (QED) is 0.0262. The van der Waals surface area contributed by atoms with Crippen molar-refractivity contribution in [1.82, 2.24) is 0 Å². The highest BCUT2D eigenvalue weighted by Crippen LogP contribution is 2.13. The molecule has 0 aliphatic rings. The molecule has 0 aliphatic carbocycles. The summed E-state index contributed by atoms with van der Waals surface area (Å²) in [6.07, 6.45) is 73.6. The summed E-state index contributed by atoms with van der Waals surface area (Å²) in [5, 5.41) is 0. The minimum absolute atomic E-state index is 0.111. The van der Waals surface area contributed by atoms with Crippen LogP contribution in [0.15, 0.2) is 122 Å². The first-order valence-electron chi connectivity index (χ1n) is 26.5. The Morgan fingerprint density at radius 1 is 0.318 bits per heavy atom. The van der Waals surface area contributed by atoms with E-state index in [0.717, 1.165) is 109 Å². The summed E-state index contributed by atoms with van der Waals surface area (Å²) in [6.45, 7) is 6.29. The first-order chi connectivity index (χ1) is 32.5. The fraction of sp³-hybridized carbons (Fsp3) is 0.617. The minimum Gasteiger partial charge on any atom is -0.462 e. The number of rotatable bonds is 46. The van der Waals surface area contributed by atoms with E-state index in [1.165, 1.54) is 64.2 Å². The smallest absolute Gasteiger partial charge is 0.306 e. The Kier molecular flexibility index (Phi) is 50.0. The molecule has 6 heteroatoms. The Morgan fingerprint density at radius 3 is 0.985 bits per heavy atom. The average molecular weight is 913 g/mol. The van der Waals surface area contributed by atoms with Crippen LogP contribution in [0, 0.1) is 0 Å². The van der Waals surface area contributed by atoms with Crippen LogP contribution in [0.2, 0.25) is 0 Å². The van der Waals surface area contributed by atoms with Crippen LogP contribution in [0.5, 0.6) is 0 Å². The molecule has 372 valence electrons. The zero-order valence-corrected chi connectivity index (χ0v) is 42.4. The van der Waals surface area contributed by atoms with Gasteiger partial charge in [0.15, 0.2) is 6.10 Å². The van der Waals surface area contributed by atoms with Gasteiger partial charge in [-0.2, -0.15) is 0 Å². The van der Waals surface area contributed by atoms with Crippen LogP contribution in [-0.4, -0.2) is 37.2 Å².